The van der Waals surface area contributed by atoms with E-state index in [0.717, 1.165) is 13.0 Å². The van der Waals surface area contributed by atoms with E-state index in [1.165, 1.54) is 4.31 Å². The lowest BCUT2D eigenvalue weighted by Crippen LogP contribution is -2.40. The van der Waals surface area contributed by atoms with Gasteiger partial charge in [-0.05, 0) is 25.9 Å². The fourth-order valence-corrected chi connectivity index (χ4v) is 3.28. The summed E-state index contributed by atoms with van der Waals surface area (Å²) >= 11 is 0. The highest BCUT2D eigenvalue weighted by atomic mass is 32.2. The average molecular weight is 235 g/mol. The summed E-state index contributed by atoms with van der Waals surface area (Å²) in [7, 11) is 0.323. The van der Waals surface area contributed by atoms with E-state index in [4.69, 9.17) is 0 Å². The van der Waals surface area contributed by atoms with Crippen LogP contribution < -0.4 is 5.32 Å². The van der Waals surface area contributed by atoms with E-state index in [1.54, 1.807) is 11.4 Å². The summed E-state index contributed by atoms with van der Waals surface area (Å²) in [6.45, 7) is 4.56. The second kappa shape index (κ2) is 5.25. The molecule has 90 valence electrons. The molecule has 0 aromatic heterocycles. The third-order valence-electron chi connectivity index (χ3n) is 2.91. The monoisotopic (exact) mass is 235 g/mol. The van der Waals surface area contributed by atoms with Crippen molar-refractivity contribution in [2.24, 2.45) is 5.92 Å². The van der Waals surface area contributed by atoms with Crippen LogP contribution in [-0.4, -0.2) is 57.3 Å². The van der Waals surface area contributed by atoms with Crippen LogP contribution in [0.25, 0.3) is 0 Å². The number of nitrogens with one attached hydrogen (secondary N) is 1. The lowest BCUT2D eigenvalue weighted by atomic mass is 10.1. The Labute approximate surface area is 92.6 Å². The summed E-state index contributed by atoms with van der Waals surface area (Å²) in [6.07, 6.45) is 0.956. The fourth-order valence-electron chi connectivity index (χ4n) is 1.82. The number of nitrogens with zero attached hydrogens (tertiary/aromatic N) is 2. The smallest absolute Gasteiger partial charge is 0.281 e. The zero-order chi connectivity index (χ0) is 11.5. The number of rotatable bonds is 5. The summed E-state index contributed by atoms with van der Waals surface area (Å²) < 4.78 is 26.9. The van der Waals surface area contributed by atoms with Crippen molar-refractivity contribution in [1.82, 2.24) is 13.9 Å². The molecule has 0 spiro atoms. The summed E-state index contributed by atoms with van der Waals surface area (Å²) in [4.78, 5) is 0. The second-order valence-electron chi connectivity index (χ2n) is 3.99. The quantitative estimate of drug-likeness (QED) is 0.713. The Bertz CT molecular complexity index is 292. The van der Waals surface area contributed by atoms with Gasteiger partial charge in [0.25, 0.3) is 10.2 Å². The zero-order valence-electron chi connectivity index (χ0n) is 9.73. The van der Waals surface area contributed by atoms with E-state index >= 15 is 0 Å². The third kappa shape index (κ3) is 2.90. The highest BCUT2D eigenvalue weighted by molar-refractivity contribution is 7.86. The molecule has 5 nitrogen and oxygen atoms in total. The van der Waals surface area contributed by atoms with Gasteiger partial charge in [0.05, 0.1) is 0 Å². The SMILES string of the molecule is CCN(C)S(=O)(=O)N1CCC(CNC)C1. The zero-order valence-corrected chi connectivity index (χ0v) is 10.5. The molecule has 1 saturated heterocycles. The van der Waals surface area contributed by atoms with Crippen molar-refractivity contribution in [3.05, 3.63) is 0 Å². The van der Waals surface area contributed by atoms with Crippen LogP contribution in [0.1, 0.15) is 13.3 Å². The molecule has 0 aromatic rings. The van der Waals surface area contributed by atoms with Crippen molar-refractivity contribution < 1.29 is 8.42 Å². The van der Waals surface area contributed by atoms with Gasteiger partial charge in [-0.25, -0.2) is 0 Å². The van der Waals surface area contributed by atoms with Crippen molar-refractivity contribution in [2.45, 2.75) is 13.3 Å². The Morgan fingerprint density at radius 3 is 2.73 bits per heavy atom. The van der Waals surface area contributed by atoms with Crippen LogP contribution in [0.15, 0.2) is 0 Å². The van der Waals surface area contributed by atoms with Crippen molar-refractivity contribution >= 4 is 10.2 Å². The van der Waals surface area contributed by atoms with Gasteiger partial charge in [0.2, 0.25) is 0 Å². The summed E-state index contributed by atoms with van der Waals surface area (Å²) in [5.41, 5.74) is 0. The van der Waals surface area contributed by atoms with Crippen molar-refractivity contribution in [3.8, 4) is 0 Å². The maximum atomic E-state index is 11.9. The van der Waals surface area contributed by atoms with Gasteiger partial charge in [-0.2, -0.15) is 17.0 Å². The summed E-state index contributed by atoms with van der Waals surface area (Å²) in [6, 6.07) is 0. The molecule has 1 unspecified atom stereocenters. The molecule has 15 heavy (non-hydrogen) atoms. The predicted molar refractivity (Wildman–Crippen MR) is 60.8 cm³/mol. The van der Waals surface area contributed by atoms with Crippen molar-refractivity contribution in [2.75, 3.05) is 40.3 Å². The molecule has 1 heterocycles. The Balaban J connectivity index is 2.60. The molecule has 1 N–H and O–H groups in total. The number of hydrogen-bond acceptors (Lipinski definition) is 3. The van der Waals surface area contributed by atoms with Gasteiger partial charge in [-0.1, -0.05) is 6.92 Å². The minimum atomic E-state index is -3.20. The average Bonchev–Trinajstić information content (AvgIpc) is 2.66. The maximum Gasteiger partial charge on any atom is 0.281 e. The van der Waals surface area contributed by atoms with E-state index in [1.807, 2.05) is 14.0 Å². The van der Waals surface area contributed by atoms with E-state index in [0.29, 0.717) is 25.6 Å². The molecule has 0 radical (unpaired) electrons. The minimum absolute atomic E-state index is 0.454. The lowest BCUT2D eigenvalue weighted by molar-refractivity contribution is 0.392. The van der Waals surface area contributed by atoms with E-state index in [2.05, 4.69) is 5.32 Å². The van der Waals surface area contributed by atoms with Gasteiger partial charge in [0, 0.05) is 26.7 Å². The van der Waals surface area contributed by atoms with Crippen LogP contribution in [0.5, 0.6) is 0 Å². The molecule has 0 bridgehead atoms. The molecule has 0 amide bonds. The molecule has 1 aliphatic heterocycles. The van der Waals surface area contributed by atoms with Gasteiger partial charge < -0.3 is 5.32 Å². The second-order valence-corrected chi connectivity index (χ2v) is 6.03. The standard InChI is InChI=1S/C9H21N3O2S/c1-4-11(3)15(13,14)12-6-5-9(8-12)7-10-2/h9-10H,4-8H2,1-3H3. The molecule has 1 rings (SSSR count). The molecule has 0 saturated carbocycles. The minimum Gasteiger partial charge on any atom is -0.319 e. The first kappa shape index (κ1) is 12.9. The normalized spacial score (nSPS) is 23.9. The van der Waals surface area contributed by atoms with Crippen molar-refractivity contribution in [1.29, 1.82) is 0 Å². The highest BCUT2D eigenvalue weighted by Crippen LogP contribution is 2.20. The predicted octanol–water partition coefficient (Wildman–Crippen LogP) is -0.276. The van der Waals surface area contributed by atoms with Gasteiger partial charge >= 0.3 is 0 Å². The molecule has 0 aliphatic carbocycles. The Morgan fingerprint density at radius 2 is 2.20 bits per heavy atom. The molecule has 6 heteroatoms. The van der Waals surface area contributed by atoms with Crippen LogP contribution >= 0.6 is 0 Å². The Kier molecular flexibility index (Phi) is 4.51. The molecule has 0 aromatic carbocycles. The van der Waals surface area contributed by atoms with E-state index in [9.17, 15) is 8.42 Å². The summed E-state index contributed by atoms with van der Waals surface area (Å²) in [5.74, 6) is 0.454. The summed E-state index contributed by atoms with van der Waals surface area (Å²) in [5, 5.41) is 3.09. The molecular formula is C9H21N3O2S. The number of hydrogen-bond donors (Lipinski definition) is 1. The van der Waals surface area contributed by atoms with Gasteiger partial charge in [0.15, 0.2) is 0 Å². The van der Waals surface area contributed by atoms with Gasteiger partial charge in [0.1, 0.15) is 0 Å². The first-order valence-corrected chi connectivity index (χ1v) is 6.78. The van der Waals surface area contributed by atoms with Crippen LogP contribution in [0.4, 0.5) is 0 Å². The Morgan fingerprint density at radius 1 is 1.53 bits per heavy atom. The fraction of sp³-hybridized carbons (Fsp3) is 1.00. The van der Waals surface area contributed by atoms with Crippen LogP contribution in [-0.2, 0) is 10.2 Å². The Hall–Kier alpha value is -0.170. The topological polar surface area (TPSA) is 52.7 Å². The largest absolute Gasteiger partial charge is 0.319 e. The van der Waals surface area contributed by atoms with Gasteiger partial charge in [-0.3, -0.25) is 0 Å². The molecule has 1 atom stereocenters. The van der Waals surface area contributed by atoms with Crippen LogP contribution in [0.2, 0.25) is 0 Å². The van der Waals surface area contributed by atoms with E-state index in [-0.39, 0.29) is 0 Å². The molecule has 1 aliphatic rings. The van der Waals surface area contributed by atoms with E-state index < -0.39 is 10.2 Å². The molecule has 1 fully saturated rings. The first-order chi connectivity index (χ1) is 7.02. The third-order valence-corrected chi connectivity index (χ3v) is 4.94. The maximum absolute atomic E-state index is 11.9. The van der Waals surface area contributed by atoms with Gasteiger partial charge in [-0.15, -0.1) is 0 Å². The highest BCUT2D eigenvalue weighted by Gasteiger charge is 2.32. The van der Waals surface area contributed by atoms with Crippen LogP contribution in [0, 0.1) is 5.92 Å². The first-order valence-electron chi connectivity index (χ1n) is 5.38. The van der Waals surface area contributed by atoms with Crippen LogP contribution in [0.3, 0.4) is 0 Å². The van der Waals surface area contributed by atoms with Crippen molar-refractivity contribution in [3.63, 3.8) is 0 Å². The molecular weight excluding hydrogens is 214 g/mol. The lowest BCUT2D eigenvalue weighted by Gasteiger charge is -2.22.